The zero-order valence-corrected chi connectivity index (χ0v) is 17.6. The zero-order chi connectivity index (χ0) is 20.9. The van der Waals surface area contributed by atoms with Crippen molar-refractivity contribution in [3.63, 3.8) is 0 Å². The average molecular weight is 423 g/mol. The summed E-state index contributed by atoms with van der Waals surface area (Å²) in [5, 5.41) is 12.6. The molecular weight excluding hydrogens is 400 g/mol. The first-order chi connectivity index (χ1) is 14.7. The summed E-state index contributed by atoms with van der Waals surface area (Å²) in [5.41, 5.74) is 3.24. The fourth-order valence-corrected chi connectivity index (χ4v) is 3.63. The third-order valence-electron chi connectivity index (χ3n) is 4.45. The molecule has 0 amide bonds. The van der Waals surface area contributed by atoms with Gasteiger partial charge in [0.1, 0.15) is 0 Å². The van der Waals surface area contributed by atoms with Crippen molar-refractivity contribution in [2.75, 3.05) is 24.8 Å². The number of benzene rings is 2. The highest BCUT2D eigenvalue weighted by Crippen LogP contribution is 2.40. The van der Waals surface area contributed by atoms with Crippen LogP contribution in [0.3, 0.4) is 0 Å². The highest BCUT2D eigenvalue weighted by molar-refractivity contribution is 7.99. The fraction of sp³-hybridized carbons (Fsp3) is 0.227. The van der Waals surface area contributed by atoms with E-state index in [1.807, 2.05) is 49.4 Å². The van der Waals surface area contributed by atoms with Crippen molar-refractivity contribution in [3.05, 3.63) is 60.7 Å². The SMILES string of the molecule is C=CCSc1nnc2c(n1)OC(c1ccc(OCC)c(OC)c1)Nc1ccccc1-2. The first-order valence-electron chi connectivity index (χ1n) is 9.55. The molecule has 0 saturated carbocycles. The van der Waals surface area contributed by atoms with Gasteiger partial charge in [0.15, 0.2) is 23.4 Å². The molecule has 0 saturated heterocycles. The van der Waals surface area contributed by atoms with Crippen LogP contribution in [0.1, 0.15) is 18.7 Å². The predicted octanol–water partition coefficient (Wildman–Crippen LogP) is 4.73. The number of fused-ring (bicyclic) bond motifs is 3. The maximum Gasteiger partial charge on any atom is 0.247 e. The van der Waals surface area contributed by atoms with Gasteiger partial charge in [0.05, 0.1) is 13.7 Å². The summed E-state index contributed by atoms with van der Waals surface area (Å²) in [6, 6.07) is 13.6. The number of methoxy groups -OCH3 is 1. The Kier molecular flexibility index (Phi) is 6.04. The smallest absolute Gasteiger partial charge is 0.247 e. The number of anilines is 1. The Hall–Kier alpha value is -3.26. The van der Waals surface area contributed by atoms with E-state index in [-0.39, 0.29) is 0 Å². The van der Waals surface area contributed by atoms with Gasteiger partial charge in [-0.25, -0.2) is 0 Å². The van der Waals surface area contributed by atoms with Gasteiger partial charge in [-0.1, -0.05) is 36.0 Å². The van der Waals surface area contributed by atoms with Crippen LogP contribution in [0, 0.1) is 0 Å². The number of hydrogen-bond acceptors (Lipinski definition) is 8. The number of nitrogens with one attached hydrogen (secondary N) is 1. The molecule has 1 aliphatic rings. The maximum atomic E-state index is 6.29. The van der Waals surface area contributed by atoms with Crippen molar-refractivity contribution in [2.24, 2.45) is 0 Å². The molecule has 154 valence electrons. The maximum absolute atomic E-state index is 6.29. The van der Waals surface area contributed by atoms with Crippen molar-refractivity contribution in [2.45, 2.75) is 18.3 Å². The lowest BCUT2D eigenvalue weighted by atomic mass is 10.1. The summed E-state index contributed by atoms with van der Waals surface area (Å²) in [7, 11) is 1.62. The molecular formula is C22H22N4O3S. The van der Waals surface area contributed by atoms with Gasteiger partial charge in [0.25, 0.3) is 0 Å². The molecule has 4 rings (SSSR count). The third-order valence-corrected chi connectivity index (χ3v) is 5.29. The Morgan fingerprint density at radius 1 is 1.20 bits per heavy atom. The van der Waals surface area contributed by atoms with E-state index in [1.165, 1.54) is 11.8 Å². The van der Waals surface area contributed by atoms with Crippen LogP contribution in [-0.4, -0.2) is 34.7 Å². The van der Waals surface area contributed by atoms with E-state index in [0.717, 1.165) is 16.8 Å². The minimum atomic E-state index is -0.495. The van der Waals surface area contributed by atoms with Crippen molar-refractivity contribution in [3.8, 4) is 28.6 Å². The Morgan fingerprint density at radius 3 is 2.87 bits per heavy atom. The number of para-hydroxylation sites is 1. The standard InChI is InChI=1S/C22H22N4O3S/c1-4-12-30-22-24-21-19(25-26-22)15-8-6-7-9-16(15)23-20(29-21)14-10-11-17(28-5-2)18(13-14)27-3/h4,6-11,13,20,23H,1,5,12H2,2-3H3. The second kappa shape index (κ2) is 9.04. The van der Waals surface area contributed by atoms with E-state index in [0.29, 0.717) is 40.6 Å². The highest BCUT2D eigenvalue weighted by atomic mass is 32.2. The van der Waals surface area contributed by atoms with Crippen LogP contribution in [0.2, 0.25) is 0 Å². The van der Waals surface area contributed by atoms with E-state index in [4.69, 9.17) is 14.2 Å². The van der Waals surface area contributed by atoms with Crippen LogP contribution in [0.4, 0.5) is 5.69 Å². The van der Waals surface area contributed by atoms with Crippen LogP contribution >= 0.6 is 11.8 Å². The first kappa shape index (κ1) is 20.0. The fourth-order valence-electron chi connectivity index (χ4n) is 3.11. The molecule has 1 aromatic heterocycles. The molecule has 0 fully saturated rings. The Labute approximate surface area is 179 Å². The van der Waals surface area contributed by atoms with Gasteiger partial charge in [0, 0.05) is 22.6 Å². The molecule has 30 heavy (non-hydrogen) atoms. The zero-order valence-electron chi connectivity index (χ0n) is 16.8. The predicted molar refractivity (Wildman–Crippen MR) is 117 cm³/mol. The van der Waals surface area contributed by atoms with E-state index in [2.05, 4.69) is 27.1 Å². The van der Waals surface area contributed by atoms with E-state index in [1.54, 1.807) is 13.2 Å². The number of aromatic nitrogens is 3. The molecule has 8 heteroatoms. The van der Waals surface area contributed by atoms with Gasteiger partial charge >= 0.3 is 0 Å². The van der Waals surface area contributed by atoms with Gasteiger partial charge in [-0.2, -0.15) is 4.98 Å². The van der Waals surface area contributed by atoms with Crippen molar-refractivity contribution in [1.82, 2.24) is 15.2 Å². The Balaban J connectivity index is 1.76. The van der Waals surface area contributed by atoms with Crippen LogP contribution in [0.15, 0.2) is 60.3 Å². The molecule has 3 aromatic rings. The summed E-state index contributed by atoms with van der Waals surface area (Å²) >= 11 is 1.45. The molecule has 0 aliphatic carbocycles. The monoisotopic (exact) mass is 422 g/mol. The highest BCUT2D eigenvalue weighted by Gasteiger charge is 2.26. The van der Waals surface area contributed by atoms with Gasteiger partial charge in [-0.3, -0.25) is 0 Å². The molecule has 2 heterocycles. The minimum Gasteiger partial charge on any atom is -0.493 e. The molecule has 2 aromatic carbocycles. The van der Waals surface area contributed by atoms with E-state index in [9.17, 15) is 0 Å². The van der Waals surface area contributed by atoms with Gasteiger partial charge in [0.2, 0.25) is 11.0 Å². The summed E-state index contributed by atoms with van der Waals surface area (Å²) in [6.45, 7) is 6.23. The van der Waals surface area contributed by atoms with E-state index < -0.39 is 6.23 Å². The lowest BCUT2D eigenvalue weighted by Crippen LogP contribution is -2.17. The van der Waals surface area contributed by atoms with Gasteiger partial charge in [-0.05, 0) is 31.2 Å². The van der Waals surface area contributed by atoms with Crippen LogP contribution < -0.4 is 19.5 Å². The molecule has 0 bridgehead atoms. The third kappa shape index (κ3) is 4.04. The van der Waals surface area contributed by atoms with Crippen molar-refractivity contribution >= 4 is 17.4 Å². The van der Waals surface area contributed by atoms with Gasteiger partial charge in [-0.15, -0.1) is 16.8 Å². The van der Waals surface area contributed by atoms with Crippen LogP contribution in [0.5, 0.6) is 17.4 Å². The first-order valence-corrected chi connectivity index (χ1v) is 10.5. The van der Waals surface area contributed by atoms with Crippen LogP contribution in [-0.2, 0) is 0 Å². The molecule has 0 spiro atoms. The molecule has 7 nitrogen and oxygen atoms in total. The quantitative estimate of drug-likeness (QED) is 0.433. The minimum absolute atomic E-state index is 0.423. The van der Waals surface area contributed by atoms with E-state index >= 15 is 0 Å². The Bertz CT molecular complexity index is 1060. The number of hydrogen-bond donors (Lipinski definition) is 1. The second-order valence-electron chi connectivity index (χ2n) is 6.38. The molecule has 1 atom stereocenters. The lowest BCUT2D eigenvalue weighted by Gasteiger charge is -2.20. The van der Waals surface area contributed by atoms with Crippen molar-refractivity contribution < 1.29 is 14.2 Å². The number of rotatable bonds is 7. The normalized spacial score (nSPS) is 14.4. The van der Waals surface area contributed by atoms with Crippen molar-refractivity contribution in [1.29, 1.82) is 0 Å². The molecule has 1 aliphatic heterocycles. The number of ether oxygens (including phenoxy) is 3. The van der Waals surface area contributed by atoms with Gasteiger partial charge < -0.3 is 19.5 Å². The summed E-state index contributed by atoms with van der Waals surface area (Å²) < 4.78 is 17.4. The average Bonchev–Trinajstić information content (AvgIpc) is 2.94. The number of thioether (sulfide) groups is 1. The summed E-state index contributed by atoms with van der Waals surface area (Å²) in [4.78, 5) is 4.60. The molecule has 1 N–H and O–H groups in total. The lowest BCUT2D eigenvalue weighted by molar-refractivity contribution is 0.224. The largest absolute Gasteiger partial charge is 0.493 e. The topological polar surface area (TPSA) is 78.4 Å². The summed E-state index contributed by atoms with van der Waals surface area (Å²) in [6.07, 6.45) is 1.30. The molecule has 1 unspecified atom stereocenters. The second-order valence-corrected chi connectivity index (χ2v) is 7.37. The summed E-state index contributed by atoms with van der Waals surface area (Å²) in [5.74, 6) is 2.44. The number of nitrogens with zero attached hydrogens (tertiary/aromatic N) is 3. The van der Waals surface area contributed by atoms with Crippen LogP contribution in [0.25, 0.3) is 11.3 Å². The Morgan fingerprint density at radius 2 is 2.07 bits per heavy atom. The molecule has 0 radical (unpaired) electrons.